The molecule has 0 bridgehead atoms. The van der Waals surface area contributed by atoms with Gasteiger partial charge < -0.3 is 15.0 Å². The first-order valence-corrected chi connectivity index (χ1v) is 9.33. The quantitative estimate of drug-likeness (QED) is 0.906. The van der Waals surface area contributed by atoms with E-state index < -0.39 is 0 Å². The molecule has 4 heteroatoms. The van der Waals surface area contributed by atoms with Crippen molar-refractivity contribution < 1.29 is 4.74 Å². The Morgan fingerprint density at radius 1 is 1.22 bits per heavy atom. The highest BCUT2D eigenvalue weighted by Gasteiger charge is 2.40. The monoisotopic (exact) mass is 315 g/mol. The molecule has 1 aromatic rings. The minimum absolute atomic E-state index is 0.778. The number of pyridine rings is 1. The fourth-order valence-electron chi connectivity index (χ4n) is 4.88. The molecule has 0 aromatic carbocycles. The summed E-state index contributed by atoms with van der Waals surface area (Å²) in [5.41, 5.74) is 0. The van der Waals surface area contributed by atoms with Crippen LogP contribution < -0.4 is 5.32 Å². The van der Waals surface area contributed by atoms with Crippen LogP contribution in [0.4, 0.5) is 5.82 Å². The predicted octanol–water partition coefficient (Wildman–Crippen LogP) is 2.88. The zero-order valence-electron chi connectivity index (χ0n) is 14.0. The number of hydrogen-bond acceptors (Lipinski definition) is 4. The van der Waals surface area contributed by atoms with Crippen LogP contribution in [-0.4, -0.2) is 49.3 Å². The van der Waals surface area contributed by atoms with Gasteiger partial charge in [-0.15, -0.1) is 0 Å². The molecule has 3 heterocycles. The molecular weight excluding hydrogens is 286 g/mol. The van der Waals surface area contributed by atoms with E-state index in [9.17, 15) is 0 Å². The van der Waals surface area contributed by atoms with Crippen LogP contribution >= 0.6 is 0 Å². The number of ether oxygens (including phenoxy) is 1. The van der Waals surface area contributed by atoms with E-state index >= 15 is 0 Å². The molecule has 0 spiro atoms. The Morgan fingerprint density at radius 2 is 2.22 bits per heavy atom. The molecule has 1 N–H and O–H groups in total. The molecule has 1 saturated carbocycles. The molecule has 23 heavy (non-hydrogen) atoms. The van der Waals surface area contributed by atoms with Gasteiger partial charge in [-0.1, -0.05) is 12.5 Å². The van der Waals surface area contributed by atoms with Crippen molar-refractivity contribution in [1.82, 2.24) is 9.88 Å². The number of fused-ring (bicyclic) bond motifs is 1. The number of anilines is 1. The lowest BCUT2D eigenvalue weighted by Gasteiger charge is -2.33. The van der Waals surface area contributed by atoms with Crippen LogP contribution in [0.1, 0.15) is 25.7 Å². The third kappa shape index (κ3) is 3.69. The van der Waals surface area contributed by atoms with E-state index in [0.717, 1.165) is 49.2 Å². The van der Waals surface area contributed by atoms with Gasteiger partial charge in [-0.2, -0.15) is 0 Å². The number of nitrogens with zero attached hydrogens (tertiary/aromatic N) is 2. The molecular formula is C19H29N3O. The normalized spacial score (nSPS) is 34.4. The first-order chi connectivity index (χ1) is 11.4. The van der Waals surface area contributed by atoms with Crippen LogP contribution in [0, 0.1) is 23.7 Å². The molecule has 4 nitrogen and oxygen atoms in total. The average molecular weight is 315 g/mol. The molecule has 4 atom stereocenters. The van der Waals surface area contributed by atoms with Gasteiger partial charge in [-0.3, -0.25) is 0 Å². The average Bonchev–Trinajstić information content (AvgIpc) is 3.23. The lowest BCUT2D eigenvalue weighted by Crippen LogP contribution is -2.32. The van der Waals surface area contributed by atoms with Crippen LogP contribution in [-0.2, 0) is 4.74 Å². The van der Waals surface area contributed by atoms with E-state index in [2.05, 4.69) is 27.3 Å². The lowest BCUT2D eigenvalue weighted by atomic mass is 9.74. The van der Waals surface area contributed by atoms with Gasteiger partial charge in [-0.25, -0.2) is 4.98 Å². The second-order valence-electron chi connectivity index (χ2n) is 7.66. The summed E-state index contributed by atoms with van der Waals surface area (Å²) in [4.78, 5) is 7.13. The molecule has 3 fully saturated rings. The zero-order chi connectivity index (χ0) is 15.5. The van der Waals surface area contributed by atoms with Crippen LogP contribution in [0.3, 0.4) is 0 Å². The van der Waals surface area contributed by atoms with Crippen molar-refractivity contribution >= 4 is 5.82 Å². The molecule has 2 saturated heterocycles. The predicted molar refractivity (Wildman–Crippen MR) is 92.4 cm³/mol. The minimum Gasteiger partial charge on any atom is -0.381 e. The van der Waals surface area contributed by atoms with Gasteiger partial charge in [0.05, 0.1) is 6.61 Å². The molecule has 0 amide bonds. The number of rotatable bonds is 5. The zero-order valence-corrected chi connectivity index (χ0v) is 14.0. The van der Waals surface area contributed by atoms with Crippen molar-refractivity contribution in [3.63, 3.8) is 0 Å². The third-order valence-electron chi connectivity index (χ3n) is 6.07. The Balaban J connectivity index is 1.32. The van der Waals surface area contributed by atoms with Crippen molar-refractivity contribution in [3.8, 4) is 0 Å². The van der Waals surface area contributed by atoms with E-state index in [1.807, 2.05) is 12.3 Å². The summed E-state index contributed by atoms with van der Waals surface area (Å²) < 4.78 is 5.55. The Hall–Kier alpha value is -1.13. The van der Waals surface area contributed by atoms with E-state index in [1.54, 1.807) is 0 Å². The van der Waals surface area contributed by atoms with Crippen LogP contribution in [0.5, 0.6) is 0 Å². The van der Waals surface area contributed by atoms with E-state index in [-0.39, 0.29) is 0 Å². The van der Waals surface area contributed by atoms with Crippen molar-refractivity contribution in [2.75, 3.05) is 44.7 Å². The van der Waals surface area contributed by atoms with Gasteiger partial charge in [0.15, 0.2) is 0 Å². The molecule has 3 aliphatic rings. The molecule has 1 aliphatic carbocycles. The molecule has 4 rings (SSSR count). The third-order valence-corrected chi connectivity index (χ3v) is 6.07. The van der Waals surface area contributed by atoms with Crippen molar-refractivity contribution in [2.45, 2.75) is 25.7 Å². The number of nitrogens with one attached hydrogen (secondary N) is 1. The molecule has 1 unspecified atom stereocenters. The van der Waals surface area contributed by atoms with E-state index in [4.69, 9.17) is 4.74 Å². The summed E-state index contributed by atoms with van der Waals surface area (Å²) in [6, 6.07) is 6.10. The number of aromatic nitrogens is 1. The lowest BCUT2D eigenvalue weighted by molar-refractivity contribution is 0.171. The van der Waals surface area contributed by atoms with Crippen LogP contribution in [0.25, 0.3) is 0 Å². The second kappa shape index (κ2) is 7.18. The van der Waals surface area contributed by atoms with Crippen molar-refractivity contribution in [1.29, 1.82) is 0 Å². The standard InChI is InChI=1S/C19H29N3O/c1-2-8-20-19(6-1)21-10-16-4-3-5-17-12-22(13-18(16)17)11-15-7-9-23-14-15/h1-2,6,8,15-18H,3-5,7,9-14H2,(H,20,21)/t15?,16-,17+,18+/m1/s1. The molecule has 0 radical (unpaired) electrons. The summed E-state index contributed by atoms with van der Waals surface area (Å²) in [6.45, 7) is 6.92. The summed E-state index contributed by atoms with van der Waals surface area (Å²) in [5.74, 6) is 4.40. The largest absolute Gasteiger partial charge is 0.381 e. The first kappa shape index (κ1) is 15.4. The highest BCUT2D eigenvalue weighted by molar-refractivity contribution is 5.33. The van der Waals surface area contributed by atoms with Gasteiger partial charge >= 0.3 is 0 Å². The first-order valence-electron chi connectivity index (χ1n) is 9.33. The molecule has 126 valence electrons. The van der Waals surface area contributed by atoms with Gasteiger partial charge in [0.1, 0.15) is 5.82 Å². The Kier molecular flexibility index (Phi) is 4.81. The molecule has 2 aliphatic heterocycles. The Bertz CT molecular complexity index is 489. The summed E-state index contributed by atoms with van der Waals surface area (Å²) in [6.07, 6.45) is 7.34. The maximum atomic E-state index is 5.55. The summed E-state index contributed by atoms with van der Waals surface area (Å²) in [7, 11) is 0. The van der Waals surface area contributed by atoms with E-state index in [1.165, 1.54) is 45.3 Å². The Labute approximate surface area is 139 Å². The fraction of sp³-hybridized carbons (Fsp3) is 0.737. The molecule has 1 aromatic heterocycles. The van der Waals surface area contributed by atoms with Gasteiger partial charge in [0.25, 0.3) is 0 Å². The number of hydrogen-bond donors (Lipinski definition) is 1. The number of likely N-dealkylation sites (tertiary alicyclic amines) is 1. The minimum atomic E-state index is 0.778. The highest BCUT2D eigenvalue weighted by atomic mass is 16.5. The van der Waals surface area contributed by atoms with Crippen LogP contribution in [0.15, 0.2) is 24.4 Å². The maximum absolute atomic E-state index is 5.55. The van der Waals surface area contributed by atoms with Crippen molar-refractivity contribution in [2.24, 2.45) is 23.7 Å². The smallest absolute Gasteiger partial charge is 0.125 e. The van der Waals surface area contributed by atoms with Crippen LogP contribution in [0.2, 0.25) is 0 Å². The van der Waals surface area contributed by atoms with Gasteiger partial charge in [-0.05, 0) is 55.1 Å². The fourth-order valence-corrected chi connectivity index (χ4v) is 4.88. The Morgan fingerprint density at radius 3 is 3.04 bits per heavy atom. The summed E-state index contributed by atoms with van der Waals surface area (Å²) in [5, 5.41) is 3.57. The topological polar surface area (TPSA) is 37.4 Å². The van der Waals surface area contributed by atoms with Gasteiger partial charge in [0, 0.05) is 39.0 Å². The van der Waals surface area contributed by atoms with Gasteiger partial charge in [0.2, 0.25) is 0 Å². The second-order valence-corrected chi connectivity index (χ2v) is 7.66. The SMILES string of the molecule is c1ccc(NC[C@H]2CCC[C@H]3CN(CC4CCOC4)C[C@@H]23)nc1. The van der Waals surface area contributed by atoms with Crippen molar-refractivity contribution in [3.05, 3.63) is 24.4 Å². The maximum Gasteiger partial charge on any atom is 0.125 e. The van der Waals surface area contributed by atoms with E-state index in [0.29, 0.717) is 0 Å². The highest BCUT2D eigenvalue weighted by Crippen LogP contribution is 2.40. The summed E-state index contributed by atoms with van der Waals surface area (Å²) >= 11 is 0.